The average Bonchev–Trinajstić information content (AvgIpc) is 2.92. The van der Waals surface area contributed by atoms with Gasteiger partial charge in [-0.2, -0.15) is 0 Å². The maximum absolute atomic E-state index is 12.0. The number of hydrogen-bond donors (Lipinski definition) is 0. The van der Waals surface area contributed by atoms with Crippen molar-refractivity contribution >= 4 is 5.78 Å². The predicted molar refractivity (Wildman–Crippen MR) is 68.7 cm³/mol. The number of hydrogen-bond acceptors (Lipinski definition) is 1. The summed E-state index contributed by atoms with van der Waals surface area (Å²) in [4.78, 5) is 12.0. The van der Waals surface area contributed by atoms with Gasteiger partial charge in [0.1, 0.15) is 5.78 Å². The molecule has 0 spiro atoms. The SMILES string of the molecule is O=C(Cc1ccccc1)CC1CC2CCC1C2. The largest absolute Gasteiger partial charge is 0.299 e. The standard InChI is InChI=1S/C16H20O/c17-16(10-12-4-2-1-3-5-12)11-15-9-13-6-7-14(15)8-13/h1-5,13-15H,6-11H2. The molecule has 2 saturated carbocycles. The van der Waals surface area contributed by atoms with Crippen LogP contribution in [0.15, 0.2) is 30.3 Å². The van der Waals surface area contributed by atoms with Crippen molar-refractivity contribution in [2.75, 3.05) is 0 Å². The highest BCUT2D eigenvalue weighted by molar-refractivity contribution is 5.81. The number of benzene rings is 1. The highest BCUT2D eigenvalue weighted by Gasteiger charge is 2.39. The first kappa shape index (κ1) is 11.0. The topological polar surface area (TPSA) is 17.1 Å². The molecule has 2 bridgehead atoms. The zero-order valence-corrected chi connectivity index (χ0v) is 10.3. The van der Waals surface area contributed by atoms with Gasteiger partial charge in [0, 0.05) is 12.8 Å². The van der Waals surface area contributed by atoms with E-state index in [1.807, 2.05) is 18.2 Å². The molecule has 90 valence electrons. The number of carbonyl (C=O) groups excluding carboxylic acids is 1. The lowest BCUT2D eigenvalue weighted by molar-refractivity contribution is -0.119. The first-order chi connectivity index (χ1) is 8.31. The minimum atomic E-state index is 0.439. The molecule has 1 aromatic carbocycles. The molecule has 1 heteroatoms. The maximum atomic E-state index is 12.0. The van der Waals surface area contributed by atoms with Crippen LogP contribution in [0.2, 0.25) is 0 Å². The van der Waals surface area contributed by atoms with Crippen LogP contribution in [0.3, 0.4) is 0 Å². The van der Waals surface area contributed by atoms with Crippen molar-refractivity contribution in [3.8, 4) is 0 Å². The van der Waals surface area contributed by atoms with E-state index < -0.39 is 0 Å². The Morgan fingerprint density at radius 3 is 2.59 bits per heavy atom. The van der Waals surface area contributed by atoms with E-state index in [1.165, 1.54) is 31.2 Å². The molecule has 3 rings (SSSR count). The number of fused-ring (bicyclic) bond motifs is 2. The normalized spacial score (nSPS) is 30.7. The van der Waals surface area contributed by atoms with Crippen LogP contribution in [0.4, 0.5) is 0 Å². The summed E-state index contributed by atoms with van der Waals surface area (Å²) >= 11 is 0. The molecule has 1 aromatic rings. The van der Waals surface area contributed by atoms with Crippen LogP contribution in [-0.2, 0) is 11.2 Å². The van der Waals surface area contributed by atoms with Crippen LogP contribution in [0.5, 0.6) is 0 Å². The van der Waals surface area contributed by atoms with E-state index in [0.29, 0.717) is 18.1 Å². The van der Waals surface area contributed by atoms with Crippen LogP contribution >= 0.6 is 0 Å². The Morgan fingerprint density at radius 1 is 1.12 bits per heavy atom. The van der Waals surface area contributed by atoms with Crippen molar-refractivity contribution < 1.29 is 4.79 Å². The van der Waals surface area contributed by atoms with Gasteiger partial charge in [0.15, 0.2) is 0 Å². The minimum absolute atomic E-state index is 0.439. The minimum Gasteiger partial charge on any atom is -0.299 e. The molecule has 0 aliphatic heterocycles. The summed E-state index contributed by atoms with van der Waals surface area (Å²) in [7, 11) is 0. The van der Waals surface area contributed by atoms with Gasteiger partial charge in [-0.1, -0.05) is 36.8 Å². The number of ketones is 1. The molecule has 0 amide bonds. The Bertz CT molecular complexity index is 395. The maximum Gasteiger partial charge on any atom is 0.137 e. The Labute approximate surface area is 103 Å². The smallest absolute Gasteiger partial charge is 0.137 e. The van der Waals surface area contributed by atoms with E-state index in [1.54, 1.807) is 0 Å². The van der Waals surface area contributed by atoms with Crippen LogP contribution in [0.25, 0.3) is 0 Å². The third-order valence-electron chi connectivity index (χ3n) is 4.62. The summed E-state index contributed by atoms with van der Waals surface area (Å²) in [6, 6.07) is 10.1. The second-order valence-corrected chi connectivity index (χ2v) is 5.84. The van der Waals surface area contributed by atoms with Gasteiger partial charge in [-0.05, 0) is 42.6 Å². The molecule has 17 heavy (non-hydrogen) atoms. The quantitative estimate of drug-likeness (QED) is 0.769. The van der Waals surface area contributed by atoms with Gasteiger partial charge in [-0.15, -0.1) is 0 Å². The monoisotopic (exact) mass is 228 g/mol. The summed E-state index contributed by atoms with van der Waals surface area (Å²) < 4.78 is 0. The lowest BCUT2D eigenvalue weighted by Gasteiger charge is -2.20. The molecule has 2 aliphatic rings. The summed E-state index contributed by atoms with van der Waals surface area (Å²) in [5, 5.41) is 0. The highest BCUT2D eigenvalue weighted by Crippen LogP contribution is 2.49. The molecular formula is C16H20O. The molecule has 3 unspecified atom stereocenters. The Hall–Kier alpha value is -1.11. The lowest BCUT2D eigenvalue weighted by atomic mass is 9.84. The fourth-order valence-corrected chi connectivity index (χ4v) is 3.81. The Balaban J connectivity index is 1.54. The van der Waals surface area contributed by atoms with Crippen LogP contribution < -0.4 is 0 Å². The van der Waals surface area contributed by atoms with E-state index in [2.05, 4.69) is 12.1 Å². The van der Waals surface area contributed by atoms with Gasteiger partial charge < -0.3 is 0 Å². The van der Waals surface area contributed by atoms with E-state index >= 15 is 0 Å². The molecular weight excluding hydrogens is 208 g/mol. The first-order valence-electron chi connectivity index (χ1n) is 6.87. The van der Waals surface area contributed by atoms with Crippen molar-refractivity contribution in [3.05, 3.63) is 35.9 Å². The fourth-order valence-electron chi connectivity index (χ4n) is 3.81. The molecule has 0 N–H and O–H groups in total. The molecule has 0 aromatic heterocycles. The van der Waals surface area contributed by atoms with Crippen LogP contribution in [0.1, 0.15) is 37.7 Å². The molecule has 0 saturated heterocycles. The number of carbonyl (C=O) groups is 1. The molecule has 0 heterocycles. The van der Waals surface area contributed by atoms with Crippen molar-refractivity contribution in [2.24, 2.45) is 17.8 Å². The average molecular weight is 228 g/mol. The van der Waals surface area contributed by atoms with Crippen molar-refractivity contribution in [3.63, 3.8) is 0 Å². The second-order valence-electron chi connectivity index (χ2n) is 5.84. The summed E-state index contributed by atoms with van der Waals surface area (Å²) in [6.45, 7) is 0. The zero-order chi connectivity index (χ0) is 11.7. The van der Waals surface area contributed by atoms with Crippen LogP contribution in [-0.4, -0.2) is 5.78 Å². The highest BCUT2D eigenvalue weighted by atomic mass is 16.1. The van der Waals surface area contributed by atoms with Crippen molar-refractivity contribution in [1.29, 1.82) is 0 Å². The second kappa shape index (κ2) is 4.64. The Morgan fingerprint density at radius 2 is 1.94 bits per heavy atom. The third kappa shape index (κ3) is 2.43. The fraction of sp³-hybridized carbons (Fsp3) is 0.562. The van der Waals surface area contributed by atoms with Crippen molar-refractivity contribution in [1.82, 2.24) is 0 Å². The van der Waals surface area contributed by atoms with Gasteiger partial charge in [0.2, 0.25) is 0 Å². The summed E-state index contributed by atoms with van der Waals surface area (Å²) in [5.41, 5.74) is 1.17. The van der Waals surface area contributed by atoms with E-state index in [4.69, 9.17) is 0 Å². The molecule has 3 atom stereocenters. The summed E-state index contributed by atoms with van der Waals surface area (Å²) in [5.74, 6) is 2.98. The number of rotatable bonds is 4. The van der Waals surface area contributed by atoms with Gasteiger partial charge >= 0.3 is 0 Å². The van der Waals surface area contributed by atoms with Gasteiger partial charge in [0.25, 0.3) is 0 Å². The Kier molecular flexibility index (Phi) is 3.00. The van der Waals surface area contributed by atoms with E-state index in [0.717, 1.165) is 18.3 Å². The first-order valence-corrected chi connectivity index (χ1v) is 6.87. The van der Waals surface area contributed by atoms with Gasteiger partial charge in [-0.3, -0.25) is 4.79 Å². The predicted octanol–water partition coefficient (Wildman–Crippen LogP) is 3.62. The number of Topliss-reactive ketones (excluding diaryl/α,β-unsaturated/α-hetero) is 1. The van der Waals surface area contributed by atoms with Crippen molar-refractivity contribution in [2.45, 2.75) is 38.5 Å². The zero-order valence-electron chi connectivity index (χ0n) is 10.3. The van der Waals surface area contributed by atoms with E-state index in [9.17, 15) is 4.79 Å². The summed E-state index contributed by atoms with van der Waals surface area (Å²) in [6.07, 6.45) is 7.00. The molecule has 2 fully saturated rings. The molecule has 2 aliphatic carbocycles. The van der Waals surface area contributed by atoms with Gasteiger partial charge in [0.05, 0.1) is 0 Å². The van der Waals surface area contributed by atoms with Crippen LogP contribution in [0, 0.1) is 17.8 Å². The van der Waals surface area contributed by atoms with Gasteiger partial charge in [-0.25, -0.2) is 0 Å². The lowest BCUT2D eigenvalue weighted by Crippen LogP contribution is -2.16. The third-order valence-corrected chi connectivity index (χ3v) is 4.62. The molecule has 1 nitrogen and oxygen atoms in total. The molecule has 0 radical (unpaired) electrons. The van der Waals surface area contributed by atoms with E-state index in [-0.39, 0.29) is 0 Å².